The molecule has 2 aromatic heterocycles. The lowest BCUT2D eigenvalue weighted by molar-refractivity contribution is 0.0946. The highest BCUT2D eigenvalue weighted by atomic mass is 16.5. The minimum Gasteiger partial charge on any atom is -0.493 e. The molecule has 0 saturated heterocycles. The molecule has 0 saturated carbocycles. The first-order valence-electron chi connectivity index (χ1n) is 8.19. The Labute approximate surface area is 156 Å². The summed E-state index contributed by atoms with van der Waals surface area (Å²) in [5, 5.41) is 5.86. The van der Waals surface area contributed by atoms with Crippen molar-refractivity contribution < 1.29 is 14.3 Å². The summed E-state index contributed by atoms with van der Waals surface area (Å²) in [7, 11) is 3.13. The number of aromatic nitrogens is 3. The fourth-order valence-corrected chi connectivity index (χ4v) is 2.36. The predicted octanol–water partition coefficient (Wildman–Crippen LogP) is 2.56. The Balaban J connectivity index is 1.69. The number of benzene rings is 1. The zero-order valence-electron chi connectivity index (χ0n) is 15.0. The first-order valence-corrected chi connectivity index (χ1v) is 8.19. The van der Waals surface area contributed by atoms with Crippen molar-refractivity contribution in [3.8, 4) is 11.5 Å². The number of nitrogens with zero attached hydrogens (tertiary/aromatic N) is 3. The highest BCUT2D eigenvalue weighted by Gasteiger charge is 2.10. The molecule has 27 heavy (non-hydrogen) atoms. The van der Waals surface area contributed by atoms with Crippen LogP contribution >= 0.6 is 0 Å². The zero-order valence-corrected chi connectivity index (χ0v) is 15.0. The molecule has 1 aromatic carbocycles. The van der Waals surface area contributed by atoms with Crippen LogP contribution in [-0.4, -0.2) is 35.1 Å². The van der Waals surface area contributed by atoms with E-state index < -0.39 is 0 Å². The highest BCUT2D eigenvalue weighted by molar-refractivity contribution is 5.92. The van der Waals surface area contributed by atoms with Gasteiger partial charge >= 0.3 is 0 Å². The smallest absolute Gasteiger partial charge is 0.270 e. The van der Waals surface area contributed by atoms with Crippen LogP contribution in [0.5, 0.6) is 11.5 Å². The monoisotopic (exact) mass is 365 g/mol. The highest BCUT2D eigenvalue weighted by Crippen LogP contribution is 2.30. The van der Waals surface area contributed by atoms with E-state index in [0.29, 0.717) is 29.7 Å². The molecule has 0 spiro atoms. The van der Waals surface area contributed by atoms with Gasteiger partial charge in [-0.1, -0.05) is 6.07 Å². The van der Waals surface area contributed by atoms with E-state index in [-0.39, 0.29) is 11.6 Å². The van der Waals surface area contributed by atoms with Crippen molar-refractivity contribution in [3.63, 3.8) is 0 Å². The van der Waals surface area contributed by atoms with E-state index >= 15 is 0 Å². The topological polar surface area (TPSA) is 98.3 Å². The number of nitrogens with one attached hydrogen (secondary N) is 2. The SMILES string of the molecule is COc1ccc(Nc2nccc(C(=O)NCc3cccnc3)n2)cc1OC. The molecular weight excluding hydrogens is 346 g/mol. The standard InChI is InChI=1S/C19H19N5O3/c1-26-16-6-5-14(10-17(16)27-2)23-19-21-9-7-15(24-19)18(25)22-12-13-4-3-8-20-11-13/h3-11H,12H2,1-2H3,(H,22,25)(H,21,23,24). The van der Waals surface area contributed by atoms with Crippen LogP contribution < -0.4 is 20.1 Å². The van der Waals surface area contributed by atoms with Gasteiger partial charge in [0, 0.05) is 36.9 Å². The van der Waals surface area contributed by atoms with Crippen LogP contribution in [0.1, 0.15) is 16.1 Å². The van der Waals surface area contributed by atoms with Crippen LogP contribution in [-0.2, 0) is 6.54 Å². The Morgan fingerprint density at radius 2 is 1.93 bits per heavy atom. The summed E-state index contributed by atoms with van der Waals surface area (Å²) < 4.78 is 10.5. The third-order valence-corrected chi connectivity index (χ3v) is 3.70. The molecule has 2 heterocycles. The Morgan fingerprint density at radius 3 is 2.67 bits per heavy atom. The Morgan fingerprint density at radius 1 is 1.07 bits per heavy atom. The second-order valence-electron chi connectivity index (χ2n) is 5.50. The van der Waals surface area contributed by atoms with Gasteiger partial charge in [0.05, 0.1) is 14.2 Å². The maximum Gasteiger partial charge on any atom is 0.270 e. The zero-order chi connectivity index (χ0) is 19.1. The van der Waals surface area contributed by atoms with Gasteiger partial charge in [-0.2, -0.15) is 0 Å². The normalized spacial score (nSPS) is 10.1. The largest absolute Gasteiger partial charge is 0.493 e. The summed E-state index contributed by atoms with van der Waals surface area (Å²) in [6.45, 7) is 0.370. The number of rotatable bonds is 7. The Kier molecular flexibility index (Phi) is 5.78. The lowest BCUT2D eigenvalue weighted by Gasteiger charge is -2.11. The number of anilines is 2. The summed E-state index contributed by atoms with van der Waals surface area (Å²) in [5.74, 6) is 1.20. The first kappa shape index (κ1) is 18.1. The maximum atomic E-state index is 12.3. The summed E-state index contributed by atoms with van der Waals surface area (Å²) >= 11 is 0. The minimum absolute atomic E-state index is 0.261. The molecule has 2 N–H and O–H groups in total. The van der Waals surface area contributed by atoms with Gasteiger partial charge in [0.25, 0.3) is 5.91 Å². The Bertz CT molecular complexity index is 918. The van der Waals surface area contributed by atoms with E-state index in [1.54, 1.807) is 50.9 Å². The molecule has 0 atom stereocenters. The number of pyridine rings is 1. The summed E-state index contributed by atoms with van der Waals surface area (Å²) in [6.07, 6.45) is 4.90. The van der Waals surface area contributed by atoms with Crippen LogP contribution in [0, 0.1) is 0 Å². The molecule has 8 heteroatoms. The van der Waals surface area contributed by atoms with Crippen molar-refractivity contribution in [2.24, 2.45) is 0 Å². The quantitative estimate of drug-likeness (QED) is 0.664. The molecule has 0 unspecified atom stereocenters. The van der Waals surface area contributed by atoms with Crippen molar-refractivity contribution in [2.45, 2.75) is 6.54 Å². The second-order valence-corrected chi connectivity index (χ2v) is 5.50. The van der Waals surface area contributed by atoms with E-state index in [0.717, 1.165) is 5.56 Å². The van der Waals surface area contributed by atoms with Crippen molar-refractivity contribution in [2.75, 3.05) is 19.5 Å². The number of carbonyl (C=O) groups excluding carboxylic acids is 1. The third kappa shape index (κ3) is 4.69. The number of ether oxygens (including phenoxy) is 2. The lowest BCUT2D eigenvalue weighted by Crippen LogP contribution is -2.24. The van der Waals surface area contributed by atoms with Crippen molar-refractivity contribution in [1.82, 2.24) is 20.3 Å². The molecule has 8 nitrogen and oxygen atoms in total. The van der Waals surface area contributed by atoms with Crippen molar-refractivity contribution in [1.29, 1.82) is 0 Å². The molecule has 1 amide bonds. The average Bonchev–Trinajstić information content (AvgIpc) is 2.73. The third-order valence-electron chi connectivity index (χ3n) is 3.70. The molecule has 0 aliphatic carbocycles. The fraction of sp³-hybridized carbons (Fsp3) is 0.158. The fourth-order valence-electron chi connectivity index (χ4n) is 2.36. The second kappa shape index (κ2) is 8.61. The number of methoxy groups -OCH3 is 2. The Hall–Kier alpha value is -3.68. The van der Waals surface area contributed by atoms with Crippen LogP contribution in [0.25, 0.3) is 0 Å². The van der Waals surface area contributed by atoms with Gasteiger partial charge in [-0.3, -0.25) is 9.78 Å². The molecule has 0 fully saturated rings. The molecule has 0 aliphatic heterocycles. The summed E-state index contributed by atoms with van der Waals surface area (Å²) in [6, 6.07) is 10.6. The molecule has 0 bridgehead atoms. The number of hydrogen-bond donors (Lipinski definition) is 2. The van der Waals surface area contributed by atoms with Crippen molar-refractivity contribution >= 4 is 17.5 Å². The molecular formula is C19H19N5O3. The van der Waals surface area contributed by atoms with Gasteiger partial charge in [0.2, 0.25) is 5.95 Å². The molecule has 138 valence electrons. The summed E-state index contributed by atoms with van der Waals surface area (Å²) in [4.78, 5) is 24.7. The molecule has 3 aromatic rings. The van der Waals surface area contributed by atoms with Gasteiger partial charge < -0.3 is 20.1 Å². The molecule has 0 aliphatic rings. The van der Waals surface area contributed by atoms with Gasteiger partial charge in [0.15, 0.2) is 11.5 Å². The van der Waals surface area contributed by atoms with Gasteiger partial charge in [-0.15, -0.1) is 0 Å². The van der Waals surface area contributed by atoms with E-state index in [1.807, 2.05) is 12.1 Å². The maximum absolute atomic E-state index is 12.3. The lowest BCUT2D eigenvalue weighted by atomic mass is 10.2. The van der Waals surface area contributed by atoms with Crippen molar-refractivity contribution in [3.05, 3.63) is 66.2 Å². The van der Waals surface area contributed by atoms with E-state index in [1.165, 1.54) is 6.20 Å². The van der Waals surface area contributed by atoms with Crippen LogP contribution in [0.4, 0.5) is 11.6 Å². The van der Waals surface area contributed by atoms with E-state index in [9.17, 15) is 4.79 Å². The van der Waals surface area contributed by atoms with Gasteiger partial charge in [-0.05, 0) is 29.8 Å². The summed E-state index contributed by atoms with van der Waals surface area (Å²) in [5.41, 5.74) is 1.88. The molecule has 0 radical (unpaired) electrons. The number of hydrogen-bond acceptors (Lipinski definition) is 7. The van der Waals surface area contributed by atoms with Crippen LogP contribution in [0.2, 0.25) is 0 Å². The van der Waals surface area contributed by atoms with Gasteiger partial charge in [0.1, 0.15) is 5.69 Å². The number of carbonyl (C=O) groups is 1. The average molecular weight is 365 g/mol. The predicted molar refractivity (Wildman–Crippen MR) is 100 cm³/mol. The van der Waals surface area contributed by atoms with E-state index in [4.69, 9.17) is 9.47 Å². The van der Waals surface area contributed by atoms with Gasteiger partial charge in [-0.25, -0.2) is 9.97 Å². The first-order chi connectivity index (χ1) is 13.2. The van der Waals surface area contributed by atoms with Crippen LogP contribution in [0.15, 0.2) is 55.0 Å². The van der Waals surface area contributed by atoms with Crippen LogP contribution in [0.3, 0.4) is 0 Å². The minimum atomic E-state index is -0.295. The molecule has 3 rings (SSSR count). The van der Waals surface area contributed by atoms with E-state index in [2.05, 4.69) is 25.6 Å². The number of amides is 1.